The van der Waals surface area contributed by atoms with Crippen molar-refractivity contribution in [3.05, 3.63) is 122 Å². The number of esters is 3. The molecule has 0 saturated carbocycles. The van der Waals surface area contributed by atoms with Crippen molar-refractivity contribution in [1.82, 2.24) is 0 Å². The summed E-state index contributed by atoms with van der Waals surface area (Å²) in [6.07, 6.45) is 83.8. The van der Waals surface area contributed by atoms with Crippen molar-refractivity contribution in [2.24, 2.45) is 0 Å². The second-order valence-corrected chi connectivity index (χ2v) is 19.5. The highest BCUT2D eigenvalue weighted by molar-refractivity contribution is 5.71. The lowest BCUT2D eigenvalue weighted by atomic mass is 10.0. The Bertz CT molecular complexity index is 1540. The van der Waals surface area contributed by atoms with Crippen LogP contribution in [-0.2, 0) is 28.6 Å². The van der Waals surface area contributed by atoms with Gasteiger partial charge < -0.3 is 14.2 Å². The molecule has 0 N–H and O–H groups in total. The first kappa shape index (κ1) is 68.8. The molecule has 414 valence electrons. The predicted octanol–water partition coefficient (Wildman–Crippen LogP) is 20.4. The minimum Gasteiger partial charge on any atom is -0.462 e. The molecule has 6 nitrogen and oxygen atoms in total. The number of hydrogen-bond acceptors (Lipinski definition) is 6. The van der Waals surface area contributed by atoms with Crippen molar-refractivity contribution in [2.75, 3.05) is 13.2 Å². The van der Waals surface area contributed by atoms with Gasteiger partial charge in [0, 0.05) is 19.3 Å². The summed E-state index contributed by atoms with van der Waals surface area (Å²) in [6, 6.07) is 0. The molecule has 0 spiro atoms. The van der Waals surface area contributed by atoms with E-state index >= 15 is 0 Å². The highest BCUT2D eigenvalue weighted by Gasteiger charge is 2.19. The summed E-state index contributed by atoms with van der Waals surface area (Å²) in [4.78, 5) is 37.9. The average molecular weight is 1010 g/mol. The van der Waals surface area contributed by atoms with E-state index in [1.807, 2.05) is 0 Å². The summed E-state index contributed by atoms with van der Waals surface area (Å²) in [6.45, 7) is 6.33. The molecule has 0 radical (unpaired) electrons. The van der Waals surface area contributed by atoms with E-state index < -0.39 is 6.10 Å². The van der Waals surface area contributed by atoms with Crippen LogP contribution in [0.3, 0.4) is 0 Å². The molecular formula is C67H110O6. The maximum atomic E-state index is 12.8. The molecule has 0 fully saturated rings. The van der Waals surface area contributed by atoms with Crippen molar-refractivity contribution in [3.8, 4) is 0 Å². The first-order valence-corrected chi connectivity index (χ1v) is 30.0. The fraction of sp³-hybridized carbons (Fsp3) is 0.657. The van der Waals surface area contributed by atoms with E-state index in [1.54, 1.807) is 0 Å². The fourth-order valence-corrected chi connectivity index (χ4v) is 8.03. The fourth-order valence-electron chi connectivity index (χ4n) is 8.03. The number of carbonyl (C=O) groups excluding carboxylic acids is 3. The molecule has 0 aromatic carbocycles. The number of allylic oxidation sites excluding steroid dienone is 20. The van der Waals surface area contributed by atoms with Gasteiger partial charge in [-0.2, -0.15) is 0 Å². The molecular weight excluding hydrogens is 901 g/mol. The molecule has 0 heterocycles. The summed E-state index contributed by atoms with van der Waals surface area (Å²) < 4.78 is 16.7. The van der Waals surface area contributed by atoms with Gasteiger partial charge in [0.25, 0.3) is 0 Å². The van der Waals surface area contributed by atoms with Gasteiger partial charge in [0.05, 0.1) is 0 Å². The standard InChI is InChI=1S/C67H110O6/c1-4-7-10-13-16-18-20-22-24-25-26-27-28-29-30-31-32-33-34-35-36-37-38-39-40-41-43-44-46-48-51-54-57-60-66(69)72-63-64(62-71-65(68)59-56-53-50-15-12-9-6-3)73-67(70)61-58-55-52-49-47-45-42-23-21-19-17-14-11-8-5-2/h7-8,10-11,16-19,22-24,26-27,29-30,32-33,42,47,49,64H,4-6,9,12-15,20-21,25,28,31,34-41,43-46,48,50-63H2,1-3H3/b10-7-,11-8-,18-16-,19-17-,24-22-,27-26-,30-29-,33-32-,42-23-,49-47-. The Morgan fingerprint density at radius 1 is 0.288 bits per heavy atom. The van der Waals surface area contributed by atoms with E-state index in [-0.39, 0.29) is 37.5 Å². The lowest BCUT2D eigenvalue weighted by Gasteiger charge is -2.18. The lowest BCUT2D eigenvalue weighted by molar-refractivity contribution is -0.167. The van der Waals surface area contributed by atoms with Crippen LogP contribution in [0.25, 0.3) is 0 Å². The van der Waals surface area contributed by atoms with Crippen molar-refractivity contribution in [1.29, 1.82) is 0 Å². The van der Waals surface area contributed by atoms with E-state index in [1.165, 1.54) is 103 Å². The molecule has 1 atom stereocenters. The Labute approximate surface area is 450 Å². The summed E-state index contributed by atoms with van der Waals surface area (Å²) in [5.74, 6) is -0.944. The molecule has 0 aliphatic carbocycles. The molecule has 0 bridgehead atoms. The van der Waals surface area contributed by atoms with Crippen LogP contribution in [0.2, 0.25) is 0 Å². The van der Waals surface area contributed by atoms with Gasteiger partial charge in [-0.15, -0.1) is 0 Å². The number of unbranched alkanes of at least 4 members (excludes halogenated alkanes) is 22. The average Bonchev–Trinajstić information content (AvgIpc) is 3.39. The Kier molecular flexibility index (Phi) is 56.9. The van der Waals surface area contributed by atoms with Crippen LogP contribution in [0, 0.1) is 0 Å². The predicted molar refractivity (Wildman–Crippen MR) is 316 cm³/mol. The van der Waals surface area contributed by atoms with Gasteiger partial charge >= 0.3 is 17.9 Å². The Morgan fingerprint density at radius 3 is 0.863 bits per heavy atom. The molecule has 0 aliphatic rings. The zero-order valence-corrected chi connectivity index (χ0v) is 47.4. The third kappa shape index (κ3) is 58.6. The van der Waals surface area contributed by atoms with Gasteiger partial charge in [0.15, 0.2) is 6.10 Å². The summed E-state index contributed by atoms with van der Waals surface area (Å²) in [7, 11) is 0. The molecule has 73 heavy (non-hydrogen) atoms. The third-order valence-electron chi connectivity index (χ3n) is 12.5. The highest BCUT2D eigenvalue weighted by atomic mass is 16.6. The van der Waals surface area contributed by atoms with Gasteiger partial charge in [-0.25, -0.2) is 0 Å². The van der Waals surface area contributed by atoms with Crippen LogP contribution < -0.4 is 0 Å². The minimum atomic E-state index is -0.798. The van der Waals surface area contributed by atoms with E-state index in [0.29, 0.717) is 19.3 Å². The Balaban J connectivity index is 4.09. The molecule has 0 aromatic rings. The monoisotopic (exact) mass is 1010 g/mol. The topological polar surface area (TPSA) is 78.9 Å². The molecule has 0 rings (SSSR count). The van der Waals surface area contributed by atoms with Gasteiger partial charge in [-0.3, -0.25) is 14.4 Å². The molecule has 6 heteroatoms. The van der Waals surface area contributed by atoms with Crippen LogP contribution in [0.4, 0.5) is 0 Å². The van der Waals surface area contributed by atoms with Crippen molar-refractivity contribution < 1.29 is 28.6 Å². The van der Waals surface area contributed by atoms with Crippen LogP contribution >= 0.6 is 0 Å². The van der Waals surface area contributed by atoms with E-state index in [4.69, 9.17) is 14.2 Å². The third-order valence-corrected chi connectivity index (χ3v) is 12.5. The molecule has 0 aromatic heterocycles. The van der Waals surface area contributed by atoms with Gasteiger partial charge in [-0.05, 0) is 109 Å². The van der Waals surface area contributed by atoms with Crippen molar-refractivity contribution in [2.45, 2.75) is 271 Å². The van der Waals surface area contributed by atoms with Gasteiger partial charge in [0.1, 0.15) is 13.2 Å². The number of ether oxygens (including phenoxy) is 3. The quantitative estimate of drug-likeness (QED) is 0.0261. The second-order valence-electron chi connectivity index (χ2n) is 19.5. The van der Waals surface area contributed by atoms with E-state index in [2.05, 4.69) is 142 Å². The SMILES string of the molecule is CC/C=C\C/C=C\C/C=C\C/C=C\C/C=C\C/C=C\CCCCCCCCCCCCCCCCC(=O)OCC(COC(=O)CCCCCCCCC)OC(=O)CCCC/C=C\C/C=C\C/C=C\C/C=C\CC. The van der Waals surface area contributed by atoms with Gasteiger partial charge in [-0.1, -0.05) is 258 Å². The molecule has 1 unspecified atom stereocenters. The molecule has 0 amide bonds. The smallest absolute Gasteiger partial charge is 0.306 e. The van der Waals surface area contributed by atoms with Crippen LogP contribution in [0.1, 0.15) is 265 Å². The summed E-state index contributed by atoms with van der Waals surface area (Å²) in [5, 5.41) is 0. The lowest BCUT2D eigenvalue weighted by Crippen LogP contribution is -2.30. The zero-order chi connectivity index (χ0) is 52.9. The molecule has 0 aliphatic heterocycles. The second kappa shape index (κ2) is 60.4. The first-order valence-electron chi connectivity index (χ1n) is 30.0. The van der Waals surface area contributed by atoms with Crippen LogP contribution in [0.15, 0.2) is 122 Å². The zero-order valence-electron chi connectivity index (χ0n) is 47.4. The van der Waals surface area contributed by atoms with E-state index in [0.717, 1.165) is 116 Å². The van der Waals surface area contributed by atoms with E-state index in [9.17, 15) is 14.4 Å². The van der Waals surface area contributed by atoms with Gasteiger partial charge in [0.2, 0.25) is 0 Å². The van der Waals surface area contributed by atoms with Crippen LogP contribution in [0.5, 0.6) is 0 Å². The molecule has 0 saturated heterocycles. The first-order chi connectivity index (χ1) is 36.0. The number of rotatable bonds is 53. The number of hydrogen-bond donors (Lipinski definition) is 0. The largest absolute Gasteiger partial charge is 0.462 e. The Hall–Kier alpha value is -4.19. The highest BCUT2D eigenvalue weighted by Crippen LogP contribution is 2.15. The van der Waals surface area contributed by atoms with Crippen LogP contribution in [-0.4, -0.2) is 37.2 Å². The normalized spacial score (nSPS) is 13.0. The minimum absolute atomic E-state index is 0.0946. The van der Waals surface area contributed by atoms with Crippen molar-refractivity contribution in [3.63, 3.8) is 0 Å². The number of carbonyl (C=O) groups is 3. The summed E-state index contributed by atoms with van der Waals surface area (Å²) in [5.41, 5.74) is 0. The maximum Gasteiger partial charge on any atom is 0.306 e. The summed E-state index contributed by atoms with van der Waals surface area (Å²) >= 11 is 0. The van der Waals surface area contributed by atoms with Crippen molar-refractivity contribution >= 4 is 17.9 Å². The maximum absolute atomic E-state index is 12.8. The Morgan fingerprint density at radius 2 is 0.534 bits per heavy atom.